The van der Waals surface area contributed by atoms with Gasteiger partial charge in [0.15, 0.2) is 16.7 Å². The van der Waals surface area contributed by atoms with Crippen LogP contribution in [0.4, 0.5) is 4.39 Å². The van der Waals surface area contributed by atoms with Crippen LogP contribution in [0, 0.1) is 0 Å². The van der Waals surface area contributed by atoms with E-state index in [-0.39, 0.29) is 36.4 Å². The van der Waals surface area contributed by atoms with Gasteiger partial charge in [-0.3, -0.25) is 9.46 Å². The third kappa shape index (κ3) is 4.85. The van der Waals surface area contributed by atoms with Gasteiger partial charge >= 0.3 is 7.60 Å². The highest BCUT2D eigenvalue weighted by Crippen LogP contribution is 2.60. The fraction of sp³-hybridized carbons (Fsp3) is 0.750. The Labute approximate surface area is 198 Å². The van der Waals surface area contributed by atoms with Gasteiger partial charge in [0, 0.05) is 24.4 Å². The molecule has 3 rings (SSSR count). The van der Waals surface area contributed by atoms with Crippen molar-refractivity contribution in [2.24, 2.45) is 0 Å². The molecular weight excluding hydrogens is 476 g/mol. The van der Waals surface area contributed by atoms with Gasteiger partial charge in [-0.05, 0) is 38.4 Å². The fourth-order valence-corrected chi connectivity index (χ4v) is 6.20. The van der Waals surface area contributed by atoms with Gasteiger partial charge < -0.3 is 40.1 Å². The molecule has 3 heterocycles. The van der Waals surface area contributed by atoms with E-state index in [0.717, 1.165) is 0 Å². The number of nitrogens with one attached hydrogen (secondary N) is 2. The molecule has 6 N–H and O–H groups in total. The standard InChI is InChI=1S/C20H33FN3O7PS/c1-5-19(4,31-32(28,29)20(27,6-2)7-3)8-13-14(25)15(26)17(30-13)24-10-11-12(21)9-22-16(11)23-18(24)33/h9-10,13-17,22,25-27H,5-8H2,1-4H3,(H,23,33)(H,28,29). The predicted molar refractivity (Wildman–Crippen MR) is 122 cm³/mol. The molecule has 0 amide bonds. The van der Waals surface area contributed by atoms with Gasteiger partial charge in [-0.1, -0.05) is 20.8 Å². The summed E-state index contributed by atoms with van der Waals surface area (Å²) in [7, 11) is -4.46. The molecule has 0 saturated carbocycles. The van der Waals surface area contributed by atoms with Gasteiger partial charge in [0.2, 0.25) is 0 Å². The number of ether oxygens (including phenoxy) is 1. The summed E-state index contributed by atoms with van der Waals surface area (Å²) in [4.78, 5) is 11.9. The summed E-state index contributed by atoms with van der Waals surface area (Å²) in [6.45, 7) is 6.51. The molecule has 10 nitrogen and oxygen atoms in total. The first-order chi connectivity index (χ1) is 15.3. The van der Waals surface area contributed by atoms with Crippen LogP contribution in [-0.4, -0.2) is 71.9 Å². The Balaban J connectivity index is 1.78. The average molecular weight is 510 g/mol. The summed E-state index contributed by atoms with van der Waals surface area (Å²) in [5, 5.41) is 35.9. The van der Waals surface area contributed by atoms with Crippen molar-refractivity contribution in [3.8, 4) is 0 Å². The third-order valence-corrected chi connectivity index (χ3v) is 9.44. The van der Waals surface area contributed by atoms with Crippen LogP contribution < -0.4 is 10.6 Å². The zero-order valence-corrected chi connectivity index (χ0v) is 20.8. The van der Waals surface area contributed by atoms with Crippen LogP contribution in [0.1, 0.15) is 53.4 Å². The Morgan fingerprint density at radius 1 is 1.27 bits per heavy atom. The first kappa shape index (κ1) is 26.5. The summed E-state index contributed by atoms with van der Waals surface area (Å²) in [5.41, 5.74) is -0.976. The topological polar surface area (TPSA) is 144 Å². The number of aliphatic hydroxyl groups is 3. The molecule has 3 aliphatic heterocycles. The van der Waals surface area contributed by atoms with Gasteiger partial charge in [0.05, 0.1) is 11.7 Å². The van der Waals surface area contributed by atoms with E-state index in [1.807, 2.05) is 0 Å². The second-order valence-corrected chi connectivity index (χ2v) is 11.3. The van der Waals surface area contributed by atoms with E-state index in [2.05, 4.69) is 10.6 Å². The molecule has 0 bridgehead atoms. The van der Waals surface area contributed by atoms with E-state index in [9.17, 15) is 29.2 Å². The molecule has 0 radical (unpaired) electrons. The van der Waals surface area contributed by atoms with Crippen molar-refractivity contribution in [2.45, 2.75) is 95.0 Å². The number of halogens is 1. The lowest BCUT2D eigenvalue weighted by molar-refractivity contribution is -0.0747. The maximum atomic E-state index is 14.1. The molecule has 188 valence electrons. The van der Waals surface area contributed by atoms with Crippen molar-refractivity contribution in [1.29, 1.82) is 0 Å². The zero-order valence-electron chi connectivity index (χ0n) is 19.1. The van der Waals surface area contributed by atoms with Gasteiger partial charge in [0.25, 0.3) is 0 Å². The van der Waals surface area contributed by atoms with Crippen LogP contribution in [0.2, 0.25) is 0 Å². The highest BCUT2D eigenvalue weighted by atomic mass is 32.1. The normalized spacial score (nSPS) is 33.4. The number of thiocarbonyl (C=S) groups is 1. The number of nitrogens with zero attached hydrogens (tertiary/aromatic N) is 1. The molecule has 3 aliphatic rings. The molecule has 1 saturated heterocycles. The molecule has 33 heavy (non-hydrogen) atoms. The van der Waals surface area contributed by atoms with Crippen molar-refractivity contribution < 1.29 is 38.4 Å². The largest absolute Gasteiger partial charge is 0.388 e. The number of rotatable bonds is 9. The lowest BCUT2D eigenvalue weighted by Gasteiger charge is -2.38. The van der Waals surface area contributed by atoms with Crippen LogP contribution >= 0.6 is 19.8 Å². The van der Waals surface area contributed by atoms with Crippen LogP contribution in [0.25, 0.3) is 0 Å². The Morgan fingerprint density at radius 2 is 1.91 bits per heavy atom. The summed E-state index contributed by atoms with van der Waals surface area (Å²) >= 11 is 5.32. The van der Waals surface area contributed by atoms with Crippen LogP contribution in [0.3, 0.4) is 0 Å². The van der Waals surface area contributed by atoms with E-state index in [1.54, 1.807) is 27.7 Å². The lowest BCUT2D eigenvalue weighted by Crippen LogP contribution is -2.56. The molecule has 7 unspecified atom stereocenters. The number of fused-ring (bicyclic) bond motifs is 1. The molecular formula is C20H33FN3O7PS. The van der Waals surface area contributed by atoms with Gasteiger partial charge in [0.1, 0.15) is 24.2 Å². The SMILES string of the molecule is CCC(C)(CC1OC(N2C=C3C(F)=CNC3NC2=S)C(O)C1O)OP(=O)(O)C(O)(CC)CC. The lowest BCUT2D eigenvalue weighted by atomic mass is 9.93. The summed E-state index contributed by atoms with van der Waals surface area (Å²) in [6.07, 6.45) is -2.49. The van der Waals surface area contributed by atoms with Crippen LogP contribution in [0.5, 0.6) is 0 Å². The molecule has 0 aromatic heterocycles. The molecule has 0 aromatic carbocycles. The fourth-order valence-electron chi connectivity index (χ4n) is 4.15. The first-order valence-corrected chi connectivity index (χ1v) is 13.0. The Hall–Kier alpha value is -1.11. The molecule has 0 aromatic rings. The molecule has 13 heteroatoms. The van der Waals surface area contributed by atoms with Crippen molar-refractivity contribution >= 4 is 24.9 Å². The quantitative estimate of drug-likeness (QED) is 0.199. The highest BCUT2D eigenvalue weighted by molar-refractivity contribution is 7.80. The van der Waals surface area contributed by atoms with Gasteiger partial charge in [-0.2, -0.15) is 0 Å². The van der Waals surface area contributed by atoms with Crippen molar-refractivity contribution in [1.82, 2.24) is 15.5 Å². The van der Waals surface area contributed by atoms with Gasteiger partial charge in [-0.25, -0.2) is 4.39 Å². The zero-order chi connectivity index (χ0) is 24.8. The smallest absolute Gasteiger partial charge is 0.359 e. The van der Waals surface area contributed by atoms with E-state index in [1.165, 1.54) is 17.3 Å². The van der Waals surface area contributed by atoms with Crippen molar-refractivity contribution in [3.05, 3.63) is 23.8 Å². The number of hydrogen-bond donors (Lipinski definition) is 6. The molecule has 0 aliphatic carbocycles. The second-order valence-electron chi connectivity index (χ2n) is 8.89. The predicted octanol–water partition coefficient (Wildman–Crippen LogP) is 1.52. The number of hydrogen-bond acceptors (Lipinski definition) is 8. The Kier molecular flexibility index (Phi) is 7.63. The van der Waals surface area contributed by atoms with Crippen molar-refractivity contribution in [3.63, 3.8) is 0 Å². The first-order valence-electron chi connectivity index (χ1n) is 11.0. The van der Waals surface area contributed by atoms with E-state index in [0.29, 0.717) is 0 Å². The van der Waals surface area contributed by atoms with Crippen LogP contribution in [-0.2, 0) is 13.8 Å². The Morgan fingerprint density at radius 3 is 2.48 bits per heavy atom. The maximum absolute atomic E-state index is 14.1. The summed E-state index contributed by atoms with van der Waals surface area (Å²) in [5.74, 6) is -0.491. The number of aliphatic hydroxyl groups excluding tert-OH is 2. The second kappa shape index (κ2) is 9.50. The summed E-state index contributed by atoms with van der Waals surface area (Å²) in [6, 6.07) is 0. The average Bonchev–Trinajstić information content (AvgIpc) is 3.25. The monoisotopic (exact) mass is 509 g/mol. The third-order valence-electron chi connectivity index (χ3n) is 6.74. The minimum Gasteiger partial charge on any atom is -0.388 e. The van der Waals surface area contributed by atoms with Gasteiger partial charge in [-0.15, -0.1) is 0 Å². The highest BCUT2D eigenvalue weighted by Gasteiger charge is 2.52. The van der Waals surface area contributed by atoms with Crippen molar-refractivity contribution in [2.75, 3.05) is 0 Å². The summed E-state index contributed by atoms with van der Waals surface area (Å²) < 4.78 is 38.5. The van der Waals surface area contributed by atoms with E-state index < -0.39 is 55.1 Å². The molecule has 0 spiro atoms. The molecule has 7 atom stereocenters. The van der Waals surface area contributed by atoms with E-state index in [4.69, 9.17) is 21.5 Å². The minimum atomic E-state index is -4.46. The van der Waals surface area contributed by atoms with E-state index >= 15 is 0 Å². The maximum Gasteiger partial charge on any atom is 0.359 e. The van der Waals surface area contributed by atoms with Crippen LogP contribution in [0.15, 0.2) is 23.8 Å². The Bertz CT molecular complexity index is 886. The molecule has 1 fully saturated rings. The minimum absolute atomic E-state index is 0.0232.